The van der Waals surface area contributed by atoms with Crippen LogP contribution in [0.3, 0.4) is 0 Å². The van der Waals surface area contributed by atoms with E-state index < -0.39 is 27.9 Å². The number of nitro benzene ring substituents is 1. The Kier molecular flexibility index (Phi) is 6.21. The first-order valence-electron chi connectivity index (χ1n) is 8.30. The lowest BCUT2D eigenvalue weighted by atomic mass is 9.88. The van der Waals surface area contributed by atoms with E-state index in [1.54, 1.807) is 6.92 Å². The zero-order valence-electron chi connectivity index (χ0n) is 15.4. The summed E-state index contributed by atoms with van der Waals surface area (Å²) in [7, 11) is 2.73. The normalized spacial score (nSPS) is 19.0. The number of hydrogen-bond acceptors (Lipinski definition) is 7. The lowest BCUT2D eigenvalue weighted by Gasteiger charge is -2.24. The van der Waals surface area contributed by atoms with Gasteiger partial charge in [0.1, 0.15) is 11.0 Å². The highest BCUT2D eigenvalue weighted by molar-refractivity contribution is 5.99. The number of ether oxygens (including phenoxy) is 3. The standard InChI is InChI=1S/C17H22N2O8/c1-4-27-14-7-11(12(19(23)24)8-13(14)26-3)15(20)18-6-5-17(9-18,10-25-2)16(21)22/h7-8H,4-6,9-10H2,1-3H3,(H,21,22). The summed E-state index contributed by atoms with van der Waals surface area (Å²) in [6.45, 7) is 2.01. The molecular formula is C17H22N2O8. The van der Waals surface area contributed by atoms with Crippen LogP contribution >= 0.6 is 0 Å². The number of nitro groups is 1. The van der Waals surface area contributed by atoms with Crippen LogP contribution < -0.4 is 9.47 Å². The van der Waals surface area contributed by atoms with Crippen LogP contribution in [0.15, 0.2) is 12.1 Å². The van der Waals surface area contributed by atoms with E-state index in [2.05, 4.69) is 0 Å². The van der Waals surface area contributed by atoms with Gasteiger partial charge in [0.15, 0.2) is 11.5 Å². The van der Waals surface area contributed by atoms with Crippen molar-refractivity contribution in [2.45, 2.75) is 13.3 Å². The van der Waals surface area contributed by atoms with Crippen LogP contribution in [0.1, 0.15) is 23.7 Å². The van der Waals surface area contributed by atoms with Crippen molar-refractivity contribution in [3.8, 4) is 11.5 Å². The van der Waals surface area contributed by atoms with E-state index in [0.717, 1.165) is 6.07 Å². The summed E-state index contributed by atoms with van der Waals surface area (Å²) in [4.78, 5) is 36.6. The molecule has 1 amide bonds. The first-order chi connectivity index (χ1) is 12.8. The van der Waals surface area contributed by atoms with E-state index >= 15 is 0 Å². The number of nitrogens with zero attached hydrogens (tertiary/aromatic N) is 2. The van der Waals surface area contributed by atoms with Gasteiger partial charge in [-0.25, -0.2) is 0 Å². The van der Waals surface area contributed by atoms with Gasteiger partial charge in [-0.05, 0) is 13.3 Å². The van der Waals surface area contributed by atoms with Crippen LogP contribution in [0.2, 0.25) is 0 Å². The Morgan fingerprint density at radius 1 is 1.33 bits per heavy atom. The number of hydrogen-bond donors (Lipinski definition) is 1. The summed E-state index contributed by atoms with van der Waals surface area (Å²) < 4.78 is 15.5. The van der Waals surface area contributed by atoms with Crippen molar-refractivity contribution in [1.82, 2.24) is 4.90 Å². The van der Waals surface area contributed by atoms with Gasteiger partial charge < -0.3 is 24.2 Å². The second-order valence-electron chi connectivity index (χ2n) is 6.21. The van der Waals surface area contributed by atoms with E-state index in [4.69, 9.17) is 14.2 Å². The number of rotatable bonds is 8. The van der Waals surface area contributed by atoms with Gasteiger partial charge in [-0.15, -0.1) is 0 Å². The van der Waals surface area contributed by atoms with E-state index in [9.17, 15) is 24.8 Å². The molecule has 1 saturated heterocycles. The Bertz CT molecular complexity index is 751. The van der Waals surface area contributed by atoms with Crippen LogP contribution in [-0.2, 0) is 9.53 Å². The third-order valence-corrected chi connectivity index (χ3v) is 4.52. The number of carbonyl (C=O) groups is 2. The molecular weight excluding hydrogens is 360 g/mol. The van der Waals surface area contributed by atoms with E-state index in [1.165, 1.54) is 25.2 Å². The van der Waals surface area contributed by atoms with E-state index in [0.29, 0.717) is 0 Å². The second-order valence-corrected chi connectivity index (χ2v) is 6.21. The molecule has 10 nitrogen and oxygen atoms in total. The van der Waals surface area contributed by atoms with Gasteiger partial charge >= 0.3 is 5.97 Å². The first-order valence-corrected chi connectivity index (χ1v) is 8.30. The lowest BCUT2D eigenvalue weighted by molar-refractivity contribution is -0.385. The smallest absolute Gasteiger partial charge is 0.313 e. The van der Waals surface area contributed by atoms with Gasteiger partial charge in [0.25, 0.3) is 11.6 Å². The average Bonchev–Trinajstić information content (AvgIpc) is 3.06. The Hall–Kier alpha value is -2.88. The van der Waals surface area contributed by atoms with Crippen LogP contribution in [0, 0.1) is 15.5 Å². The van der Waals surface area contributed by atoms with Crippen LogP contribution in [0.25, 0.3) is 0 Å². The molecule has 10 heteroatoms. The number of carboxylic acid groups (broad SMARTS) is 1. The summed E-state index contributed by atoms with van der Waals surface area (Å²) in [5.74, 6) is -1.36. The number of carboxylic acids is 1. The molecule has 1 aromatic carbocycles. The summed E-state index contributed by atoms with van der Waals surface area (Å²) in [6.07, 6.45) is 0.199. The first kappa shape index (κ1) is 20.4. The molecule has 1 aliphatic heterocycles. The maximum absolute atomic E-state index is 12.9. The summed E-state index contributed by atoms with van der Waals surface area (Å²) in [6, 6.07) is 2.40. The van der Waals surface area contributed by atoms with Crippen LogP contribution in [0.5, 0.6) is 11.5 Å². The molecule has 1 heterocycles. The van der Waals surface area contributed by atoms with Crippen molar-refractivity contribution >= 4 is 17.6 Å². The fraction of sp³-hybridized carbons (Fsp3) is 0.529. The topological polar surface area (TPSA) is 128 Å². The fourth-order valence-corrected chi connectivity index (χ4v) is 3.15. The molecule has 148 valence electrons. The van der Waals surface area contributed by atoms with Gasteiger partial charge in [-0.1, -0.05) is 0 Å². The third kappa shape index (κ3) is 3.95. The van der Waals surface area contributed by atoms with Gasteiger partial charge in [0, 0.05) is 26.3 Å². The predicted molar refractivity (Wildman–Crippen MR) is 93.3 cm³/mol. The summed E-state index contributed by atoms with van der Waals surface area (Å²) in [5, 5.41) is 21.0. The highest BCUT2D eigenvalue weighted by Crippen LogP contribution is 2.37. The fourth-order valence-electron chi connectivity index (χ4n) is 3.15. The van der Waals surface area contributed by atoms with Gasteiger partial charge in [0.05, 0.1) is 31.3 Å². The predicted octanol–water partition coefficient (Wildman–Crippen LogP) is 1.57. The molecule has 0 saturated carbocycles. The van der Waals surface area contributed by atoms with Crippen molar-refractivity contribution < 1.29 is 33.8 Å². The molecule has 0 aliphatic carbocycles. The molecule has 0 spiro atoms. The monoisotopic (exact) mass is 382 g/mol. The number of amides is 1. The van der Waals surface area contributed by atoms with Gasteiger partial charge in [-0.2, -0.15) is 0 Å². The van der Waals surface area contributed by atoms with E-state index in [1.807, 2.05) is 0 Å². The molecule has 1 atom stereocenters. The van der Waals surface area contributed by atoms with Crippen molar-refractivity contribution in [2.24, 2.45) is 5.41 Å². The van der Waals surface area contributed by atoms with Crippen molar-refractivity contribution in [3.05, 3.63) is 27.8 Å². The minimum absolute atomic E-state index is 0.0545. The number of benzene rings is 1. The SMILES string of the molecule is CCOc1cc(C(=O)N2CCC(COC)(C(=O)O)C2)c([N+](=O)[O-])cc1OC. The van der Waals surface area contributed by atoms with Gasteiger partial charge in [0.2, 0.25) is 0 Å². The van der Waals surface area contributed by atoms with E-state index in [-0.39, 0.29) is 49.8 Å². The second kappa shape index (κ2) is 8.21. The quantitative estimate of drug-likeness (QED) is 0.530. The molecule has 1 unspecified atom stereocenters. The Morgan fingerprint density at radius 2 is 2.04 bits per heavy atom. The average molecular weight is 382 g/mol. The molecule has 0 bridgehead atoms. The molecule has 2 rings (SSSR count). The summed E-state index contributed by atoms with van der Waals surface area (Å²) >= 11 is 0. The molecule has 0 radical (unpaired) electrons. The summed E-state index contributed by atoms with van der Waals surface area (Å²) in [5.41, 5.74) is -1.84. The number of likely N-dealkylation sites (tertiary alicyclic amines) is 1. The maximum atomic E-state index is 12.9. The molecule has 1 N–H and O–H groups in total. The zero-order valence-corrected chi connectivity index (χ0v) is 15.4. The Morgan fingerprint density at radius 3 is 2.56 bits per heavy atom. The minimum atomic E-state index is -1.23. The molecule has 27 heavy (non-hydrogen) atoms. The lowest BCUT2D eigenvalue weighted by Crippen LogP contribution is -2.40. The van der Waals surface area contributed by atoms with Crippen molar-refractivity contribution in [3.63, 3.8) is 0 Å². The van der Waals surface area contributed by atoms with Gasteiger partial charge in [-0.3, -0.25) is 19.7 Å². The number of aliphatic carboxylic acids is 1. The zero-order chi connectivity index (χ0) is 20.2. The van der Waals surface area contributed by atoms with Crippen LogP contribution in [0.4, 0.5) is 5.69 Å². The largest absolute Gasteiger partial charge is 0.493 e. The Balaban J connectivity index is 2.42. The van der Waals surface area contributed by atoms with Crippen molar-refractivity contribution in [2.75, 3.05) is 40.5 Å². The number of methoxy groups -OCH3 is 2. The molecule has 1 fully saturated rings. The molecule has 1 aliphatic rings. The van der Waals surface area contributed by atoms with Crippen molar-refractivity contribution in [1.29, 1.82) is 0 Å². The maximum Gasteiger partial charge on any atom is 0.313 e. The minimum Gasteiger partial charge on any atom is -0.493 e. The highest BCUT2D eigenvalue weighted by atomic mass is 16.6. The molecule has 1 aromatic rings. The highest BCUT2D eigenvalue weighted by Gasteiger charge is 2.47. The van der Waals surface area contributed by atoms with Crippen LogP contribution in [-0.4, -0.2) is 67.3 Å². The Labute approximate surface area is 155 Å². The number of carbonyl (C=O) groups excluding carboxylic acids is 1. The third-order valence-electron chi connectivity index (χ3n) is 4.52. The molecule has 0 aromatic heterocycles.